The van der Waals surface area contributed by atoms with E-state index < -0.39 is 11.9 Å². The van der Waals surface area contributed by atoms with E-state index in [1.807, 2.05) is 23.1 Å². The molecule has 0 bridgehead atoms. The first-order valence-electron chi connectivity index (χ1n) is 10.5. The van der Waals surface area contributed by atoms with Gasteiger partial charge in [-0.15, -0.1) is 0 Å². The maximum absolute atomic E-state index is 13.1. The maximum atomic E-state index is 13.1. The van der Waals surface area contributed by atoms with Crippen molar-refractivity contribution in [1.82, 2.24) is 25.8 Å². The lowest BCUT2D eigenvalue weighted by molar-refractivity contribution is -0.137. The number of nitrogens with zero attached hydrogens (tertiary/aromatic N) is 2. The fourth-order valence-electron chi connectivity index (χ4n) is 4.81. The lowest BCUT2D eigenvalue weighted by Crippen LogP contribution is -2.57. The summed E-state index contributed by atoms with van der Waals surface area (Å²) in [6.07, 6.45) is 1.07. The number of benzene rings is 1. The molecule has 0 aromatic heterocycles. The van der Waals surface area contributed by atoms with E-state index in [2.05, 4.69) is 16.0 Å². The van der Waals surface area contributed by atoms with Crippen molar-refractivity contribution in [2.24, 2.45) is 0 Å². The topological polar surface area (TPSA) is 111 Å². The highest BCUT2D eigenvalue weighted by Gasteiger charge is 2.40. The van der Waals surface area contributed by atoms with Crippen LogP contribution in [0, 0.1) is 0 Å². The van der Waals surface area contributed by atoms with Crippen LogP contribution in [-0.4, -0.2) is 71.2 Å². The Morgan fingerprint density at radius 1 is 1.10 bits per heavy atom. The van der Waals surface area contributed by atoms with Crippen LogP contribution in [-0.2, 0) is 27.5 Å². The van der Waals surface area contributed by atoms with Gasteiger partial charge in [-0.25, -0.2) is 0 Å². The van der Waals surface area contributed by atoms with Crippen molar-refractivity contribution in [1.29, 1.82) is 0 Å². The molecule has 1 aromatic rings. The molecule has 3 N–H and O–H groups in total. The molecule has 0 radical (unpaired) electrons. The lowest BCUT2D eigenvalue weighted by atomic mass is 10.0. The number of amides is 4. The van der Waals surface area contributed by atoms with Gasteiger partial charge in [0.1, 0.15) is 6.04 Å². The van der Waals surface area contributed by atoms with E-state index in [0.29, 0.717) is 44.1 Å². The summed E-state index contributed by atoms with van der Waals surface area (Å²) in [5.74, 6) is -0.677. The highest BCUT2D eigenvalue weighted by Crippen LogP contribution is 2.30. The maximum Gasteiger partial charge on any atom is 0.255 e. The predicted octanol–water partition coefficient (Wildman–Crippen LogP) is -0.890. The average Bonchev–Trinajstić information content (AvgIpc) is 3.19. The number of carbonyl (C=O) groups excluding carboxylic acids is 4. The second-order valence-electron chi connectivity index (χ2n) is 8.49. The molecule has 9 heteroatoms. The Morgan fingerprint density at radius 2 is 1.93 bits per heavy atom. The molecule has 3 saturated heterocycles. The largest absolute Gasteiger partial charge is 0.336 e. The SMILES string of the molecule is O=C1CCC(N2Cc3cccc(CNC4CC(=O)N(C5CNC5)C4)c3C2=O)C(=O)N1. The van der Waals surface area contributed by atoms with Crippen molar-refractivity contribution in [3.05, 3.63) is 34.9 Å². The van der Waals surface area contributed by atoms with Crippen molar-refractivity contribution in [2.75, 3.05) is 19.6 Å². The molecule has 9 nitrogen and oxygen atoms in total. The van der Waals surface area contributed by atoms with Gasteiger partial charge < -0.3 is 20.4 Å². The molecular formula is C21H25N5O4. The third-order valence-corrected chi connectivity index (χ3v) is 6.58. The quantitative estimate of drug-likeness (QED) is 0.542. The number of carbonyl (C=O) groups is 4. The second-order valence-corrected chi connectivity index (χ2v) is 8.49. The number of likely N-dealkylation sites (tertiary alicyclic amines) is 1. The molecule has 2 unspecified atom stereocenters. The summed E-state index contributed by atoms with van der Waals surface area (Å²) in [6.45, 7) is 3.27. The molecule has 5 rings (SSSR count). The summed E-state index contributed by atoms with van der Waals surface area (Å²) in [5, 5.41) is 8.97. The highest BCUT2D eigenvalue weighted by atomic mass is 16.2. The van der Waals surface area contributed by atoms with Crippen LogP contribution in [0.5, 0.6) is 0 Å². The van der Waals surface area contributed by atoms with Crippen LogP contribution in [0.15, 0.2) is 18.2 Å². The molecule has 3 fully saturated rings. The number of imide groups is 1. The molecule has 158 valence electrons. The first-order chi connectivity index (χ1) is 14.5. The number of hydrogen-bond acceptors (Lipinski definition) is 6. The van der Waals surface area contributed by atoms with Crippen LogP contribution in [0.3, 0.4) is 0 Å². The van der Waals surface area contributed by atoms with Crippen LogP contribution < -0.4 is 16.0 Å². The molecule has 30 heavy (non-hydrogen) atoms. The molecular weight excluding hydrogens is 386 g/mol. The van der Waals surface area contributed by atoms with Crippen molar-refractivity contribution >= 4 is 23.6 Å². The van der Waals surface area contributed by atoms with Crippen molar-refractivity contribution in [3.8, 4) is 0 Å². The van der Waals surface area contributed by atoms with Crippen LogP contribution in [0.2, 0.25) is 0 Å². The number of piperidine rings is 1. The molecule has 4 heterocycles. The first kappa shape index (κ1) is 19.2. The summed E-state index contributed by atoms with van der Waals surface area (Å²) in [4.78, 5) is 52.6. The Kier molecular flexibility index (Phi) is 4.79. The summed E-state index contributed by atoms with van der Waals surface area (Å²) in [7, 11) is 0. The normalized spacial score (nSPS) is 26.8. The van der Waals surface area contributed by atoms with Crippen molar-refractivity contribution < 1.29 is 19.2 Å². The number of hydrogen-bond donors (Lipinski definition) is 3. The summed E-state index contributed by atoms with van der Waals surface area (Å²) in [6, 6.07) is 5.50. The van der Waals surface area contributed by atoms with E-state index in [-0.39, 0.29) is 30.2 Å². The van der Waals surface area contributed by atoms with Crippen LogP contribution in [0.1, 0.15) is 40.7 Å². The zero-order valence-electron chi connectivity index (χ0n) is 16.6. The Morgan fingerprint density at radius 3 is 2.67 bits per heavy atom. The van der Waals surface area contributed by atoms with Gasteiger partial charge in [-0.3, -0.25) is 24.5 Å². The second kappa shape index (κ2) is 7.48. The van der Waals surface area contributed by atoms with Crippen LogP contribution in [0.25, 0.3) is 0 Å². The summed E-state index contributed by atoms with van der Waals surface area (Å²) in [5.41, 5.74) is 2.41. The predicted molar refractivity (Wildman–Crippen MR) is 106 cm³/mol. The highest BCUT2D eigenvalue weighted by molar-refractivity contribution is 6.06. The third-order valence-electron chi connectivity index (χ3n) is 6.58. The smallest absolute Gasteiger partial charge is 0.255 e. The van der Waals surface area contributed by atoms with Crippen molar-refractivity contribution in [3.63, 3.8) is 0 Å². The minimum atomic E-state index is -0.611. The van der Waals surface area contributed by atoms with E-state index in [4.69, 9.17) is 0 Å². The van der Waals surface area contributed by atoms with E-state index >= 15 is 0 Å². The van der Waals surface area contributed by atoms with Crippen LogP contribution in [0.4, 0.5) is 0 Å². The van der Waals surface area contributed by atoms with E-state index in [1.54, 1.807) is 4.90 Å². The number of nitrogens with one attached hydrogen (secondary N) is 3. The summed E-state index contributed by atoms with van der Waals surface area (Å²) < 4.78 is 0. The van der Waals surface area contributed by atoms with Crippen molar-refractivity contribution in [2.45, 2.75) is 50.5 Å². The molecule has 0 spiro atoms. The zero-order valence-corrected chi connectivity index (χ0v) is 16.6. The molecule has 4 aliphatic heterocycles. The Bertz CT molecular complexity index is 928. The Balaban J connectivity index is 1.26. The summed E-state index contributed by atoms with van der Waals surface area (Å²) >= 11 is 0. The number of rotatable bonds is 5. The molecule has 1 aromatic carbocycles. The van der Waals surface area contributed by atoms with Gasteiger partial charge in [-0.1, -0.05) is 18.2 Å². The molecule has 4 aliphatic rings. The van der Waals surface area contributed by atoms with Gasteiger partial charge in [-0.2, -0.15) is 0 Å². The molecule has 4 amide bonds. The van der Waals surface area contributed by atoms with E-state index in [9.17, 15) is 19.2 Å². The number of fused-ring (bicyclic) bond motifs is 1. The molecule has 0 saturated carbocycles. The van der Waals surface area contributed by atoms with E-state index in [1.165, 1.54) is 0 Å². The van der Waals surface area contributed by atoms with Gasteiger partial charge in [-0.05, 0) is 17.5 Å². The fraction of sp³-hybridized carbons (Fsp3) is 0.524. The minimum Gasteiger partial charge on any atom is -0.336 e. The van der Waals surface area contributed by atoms with Crippen LogP contribution >= 0.6 is 0 Å². The minimum absolute atomic E-state index is 0.0664. The monoisotopic (exact) mass is 411 g/mol. The van der Waals surface area contributed by atoms with Gasteiger partial charge >= 0.3 is 0 Å². The fourth-order valence-corrected chi connectivity index (χ4v) is 4.81. The van der Waals surface area contributed by atoms with Gasteiger partial charge in [0, 0.05) is 57.2 Å². The van der Waals surface area contributed by atoms with E-state index in [0.717, 1.165) is 24.2 Å². The molecule has 0 aliphatic carbocycles. The van der Waals surface area contributed by atoms with Gasteiger partial charge in [0.05, 0.1) is 6.04 Å². The molecule has 2 atom stereocenters. The van der Waals surface area contributed by atoms with Gasteiger partial charge in [0.25, 0.3) is 5.91 Å². The lowest BCUT2D eigenvalue weighted by Gasteiger charge is -2.35. The Labute approximate surface area is 174 Å². The van der Waals surface area contributed by atoms with Gasteiger partial charge in [0.2, 0.25) is 17.7 Å². The standard InChI is InChI=1S/C21H25N5O4/c27-17-5-4-16(20(29)24-17)26-10-13-3-1-2-12(19(13)21(26)30)7-23-14-6-18(28)25(11-14)15-8-22-9-15/h1-3,14-16,22-23H,4-11H2,(H,24,27,29). The first-order valence-corrected chi connectivity index (χ1v) is 10.5. The zero-order chi connectivity index (χ0) is 20.8. The third kappa shape index (κ3) is 3.27. The van der Waals surface area contributed by atoms with Gasteiger partial charge in [0.15, 0.2) is 0 Å². The Hall–Kier alpha value is -2.78. The average molecular weight is 411 g/mol.